The zero-order valence-electron chi connectivity index (χ0n) is 11.9. The lowest BCUT2D eigenvalue weighted by atomic mass is 10.0. The van der Waals surface area contributed by atoms with Crippen LogP contribution in [0.3, 0.4) is 0 Å². The van der Waals surface area contributed by atoms with Crippen LogP contribution in [0.4, 0.5) is 4.39 Å². The molecule has 0 spiro atoms. The van der Waals surface area contributed by atoms with E-state index < -0.39 is 5.82 Å². The van der Waals surface area contributed by atoms with Gasteiger partial charge in [-0.2, -0.15) is 0 Å². The second-order valence-corrected chi connectivity index (χ2v) is 5.93. The fourth-order valence-electron chi connectivity index (χ4n) is 2.20. The highest BCUT2D eigenvalue weighted by Gasteiger charge is 2.15. The standard InChI is InChI=1S/C17H17FOS/c1-11-8-13(3)17(14(18)9-11)15(19)10-20-16-7-5-4-6-12(16)2/h4-9H,10H2,1-3H3. The smallest absolute Gasteiger partial charge is 0.176 e. The van der Waals surface area contributed by atoms with Crippen LogP contribution in [0.2, 0.25) is 0 Å². The monoisotopic (exact) mass is 288 g/mol. The Morgan fingerprint density at radius 2 is 1.80 bits per heavy atom. The van der Waals surface area contributed by atoms with Crippen molar-refractivity contribution in [3.8, 4) is 0 Å². The second-order valence-electron chi connectivity index (χ2n) is 4.92. The first-order valence-electron chi connectivity index (χ1n) is 6.47. The number of thioether (sulfide) groups is 1. The molecule has 3 heteroatoms. The molecule has 0 aromatic heterocycles. The molecule has 0 N–H and O–H groups in total. The van der Waals surface area contributed by atoms with Gasteiger partial charge in [-0.05, 0) is 49.6 Å². The number of ketones is 1. The molecule has 2 aromatic rings. The van der Waals surface area contributed by atoms with Crippen molar-refractivity contribution in [2.45, 2.75) is 25.7 Å². The van der Waals surface area contributed by atoms with Crippen molar-refractivity contribution >= 4 is 17.5 Å². The molecule has 0 fully saturated rings. The van der Waals surface area contributed by atoms with E-state index in [0.29, 0.717) is 5.56 Å². The highest BCUT2D eigenvalue weighted by Crippen LogP contribution is 2.24. The van der Waals surface area contributed by atoms with Crippen molar-refractivity contribution in [2.24, 2.45) is 0 Å². The third-order valence-corrected chi connectivity index (χ3v) is 4.34. The number of halogens is 1. The molecule has 0 bridgehead atoms. The molecule has 0 unspecified atom stereocenters. The van der Waals surface area contributed by atoms with E-state index in [0.717, 1.165) is 16.0 Å². The van der Waals surface area contributed by atoms with Gasteiger partial charge in [0.1, 0.15) is 5.82 Å². The fraction of sp³-hybridized carbons (Fsp3) is 0.235. The summed E-state index contributed by atoms with van der Waals surface area (Å²) in [5.74, 6) is -0.322. The van der Waals surface area contributed by atoms with Gasteiger partial charge in [-0.3, -0.25) is 4.79 Å². The van der Waals surface area contributed by atoms with Gasteiger partial charge in [0.2, 0.25) is 0 Å². The average molecular weight is 288 g/mol. The summed E-state index contributed by atoms with van der Waals surface area (Å²) < 4.78 is 13.9. The van der Waals surface area contributed by atoms with Gasteiger partial charge in [-0.1, -0.05) is 24.3 Å². The molecule has 0 aliphatic rings. The summed E-state index contributed by atoms with van der Waals surface area (Å²) >= 11 is 1.46. The third-order valence-electron chi connectivity index (χ3n) is 3.16. The lowest BCUT2D eigenvalue weighted by molar-refractivity contribution is 0.101. The lowest BCUT2D eigenvalue weighted by Crippen LogP contribution is -2.08. The quantitative estimate of drug-likeness (QED) is 0.598. The maximum Gasteiger partial charge on any atom is 0.176 e. The number of hydrogen-bond acceptors (Lipinski definition) is 2. The predicted molar refractivity (Wildman–Crippen MR) is 82.1 cm³/mol. The molecule has 1 nitrogen and oxygen atoms in total. The molecule has 104 valence electrons. The lowest BCUT2D eigenvalue weighted by Gasteiger charge is -2.09. The minimum Gasteiger partial charge on any atom is -0.293 e. The topological polar surface area (TPSA) is 17.1 Å². The van der Waals surface area contributed by atoms with Gasteiger partial charge >= 0.3 is 0 Å². The van der Waals surface area contributed by atoms with Crippen molar-refractivity contribution in [1.29, 1.82) is 0 Å². The number of aryl methyl sites for hydroxylation is 3. The van der Waals surface area contributed by atoms with E-state index in [1.807, 2.05) is 44.2 Å². The maximum atomic E-state index is 13.9. The minimum atomic E-state index is -0.419. The zero-order chi connectivity index (χ0) is 14.7. The first-order valence-corrected chi connectivity index (χ1v) is 7.46. The Bertz CT molecular complexity index is 626. The summed E-state index contributed by atoms with van der Waals surface area (Å²) in [6, 6.07) is 11.1. The molecule has 0 radical (unpaired) electrons. The molecule has 0 heterocycles. The average Bonchev–Trinajstić information content (AvgIpc) is 2.36. The second kappa shape index (κ2) is 6.23. The number of carbonyl (C=O) groups is 1. The summed E-state index contributed by atoms with van der Waals surface area (Å²) in [6.07, 6.45) is 0. The van der Waals surface area contributed by atoms with E-state index >= 15 is 0 Å². The van der Waals surface area contributed by atoms with Crippen LogP contribution in [0.5, 0.6) is 0 Å². The van der Waals surface area contributed by atoms with Crippen LogP contribution in [-0.2, 0) is 0 Å². The van der Waals surface area contributed by atoms with E-state index in [1.54, 1.807) is 6.92 Å². The van der Waals surface area contributed by atoms with E-state index in [-0.39, 0.29) is 17.1 Å². The normalized spacial score (nSPS) is 10.6. The molecule has 2 aromatic carbocycles. The summed E-state index contributed by atoms with van der Waals surface area (Å²) in [5.41, 5.74) is 2.89. The first-order chi connectivity index (χ1) is 9.49. The molecule has 0 amide bonds. The Morgan fingerprint density at radius 1 is 1.10 bits per heavy atom. The molecular weight excluding hydrogens is 271 g/mol. The molecule has 0 aliphatic carbocycles. The number of rotatable bonds is 4. The Hall–Kier alpha value is -1.61. The third kappa shape index (κ3) is 3.28. The van der Waals surface area contributed by atoms with Gasteiger partial charge in [0.05, 0.1) is 11.3 Å². The van der Waals surface area contributed by atoms with Gasteiger partial charge in [-0.15, -0.1) is 11.8 Å². The number of Topliss-reactive ketones (excluding diaryl/α,β-unsaturated/α-hetero) is 1. The fourth-order valence-corrected chi connectivity index (χ4v) is 3.10. The van der Waals surface area contributed by atoms with Crippen molar-refractivity contribution < 1.29 is 9.18 Å². The molecule has 20 heavy (non-hydrogen) atoms. The van der Waals surface area contributed by atoms with E-state index in [4.69, 9.17) is 0 Å². The molecular formula is C17H17FOS. The maximum absolute atomic E-state index is 13.9. The van der Waals surface area contributed by atoms with Crippen LogP contribution in [0.25, 0.3) is 0 Å². The minimum absolute atomic E-state index is 0.159. The number of hydrogen-bond donors (Lipinski definition) is 0. The molecule has 2 rings (SSSR count). The van der Waals surface area contributed by atoms with Gasteiger partial charge in [0.25, 0.3) is 0 Å². The summed E-state index contributed by atoms with van der Waals surface area (Å²) in [6.45, 7) is 5.61. The number of carbonyl (C=O) groups excluding carboxylic acids is 1. The Balaban J connectivity index is 2.16. The highest BCUT2D eigenvalue weighted by molar-refractivity contribution is 8.00. The van der Waals surface area contributed by atoms with Gasteiger partial charge in [-0.25, -0.2) is 4.39 Å². The Kier molecular flexibility index (Phi) is 4.61. The summed E-state index contributed by atoms with van der Waals surface area (Å²) in [5, 5.41) is 0. The largest absolute Gasteiger partial charge is 0.293 e. The van der Waals surface area contributed by atoms with Crippen LogP contribution in [-0.4, -0.2) is 11.5 Å². The Labute approximate surface area is 123 Å². The number of benzene rings is 2. The van der Waals surface area contributed by atoms with Gasteiger partial charge < -0.3 is 0 Å². The first kappa shape index (κ1) is 14.8. The van der Waals surface area contributed by atoms with Crippen molar-refractivity contribution in [1.82, 2.24) is 0 Å². The predicted octanol–water partition coefficient (Wildman–Crippen LogP) is 4.73. The van der Waals surface area contributed by atoms with E-state index in [9.17, 15) is 9.18 Å². The molecule has 0 aliphatic heterocycles. The van der Waals surface area contributed by atoms with E-state index in [2.05, 4.69) is 0 Å². The van der Waals surface area contributed by atoms with Crippen LogP contribution < -0.4 is 0 Å². The van der Waals surface area contributed by atoms with Crippen molar-refractivity contribution in [2.75, 3.05) is 5.75 Å². The van der Waals surface area contributed by atoms with Crippen LogP contribution >= 0.6 is 11.8 Å². The zero-order valence-corrected chi connectivity index (χ0v) is 12.7. The molecule has 0 saturated heterocycles. The summed E-state index contributed by atoms with van der Waals surface area (Å²) in [4.78, 5) is 13.3. The van der Waals surface area contributed by atoms with Crippen LogP contribution in [0.15, 0.2) is 41.3 Å². The highest BCUT2D eigenvalue weighted by atomic mass is 32.2. The van der Waals surface area contributed by atoms with E-state index in [1.165, 1.54) is 17.8 Å². The Morgan fingerprint density at radius 3 is 2.45 bits per heavy atom. The van der Waals surface area contributed by atoms with Crippen LogP contribution in [0.1, 0.15) is 27.0 Å². The van der Waals surface area contributed by atoms with Gasteiger partial charge in [0.15, 0.2) is 5.78 Å². The van der Waals surface area contributed by atoms with Gasteiger partial charge in [0, 0.05) is 4.90 Å². The van der Waals surface area contributed by atoms with Crippen LogP contribution in [0, 0.1) is 26.6 Å². The summed E-state index contributed by atoms with van der Waals surface area (Å²) in [7, 11) is 0. The van der Waals surface area contributed by atoms with Crippen molar-refractivity contribution in [3.05, 3.63) is 64.5 Å². The molecule has 0 atom stereocenters. The SMILES string of the molecule is Cc1cc(C)c(C(=O)CSc2ccccc2C)c(F)c1. The molecule has 0 saturated carbocycles. The van der Waals surface area contributed by atoms with Crippen molar-refractivity contribution in [3.63, 3.8) is 0 Å².